The Hall–Kier alpha value is -2.20. The molecule has 0 radical (unpaired) electrons. The number of rotatable bonds is 5. The lowest BCUT2D eigenvalue weighted by Crippen LogP contribution is -2.08. The van der Waals surface area contributed by atoms with E-state index in [-0.39, 0.29) is 5.91 Å². The van der Waals surface area contributed by atoms with Crippen molar-refractivity contribution in [1.82, 2.24) is 0 Å². The summed E-state index contributed by atoms with van der Waals surface area (Å²) >= 11 is 0. The third-order valence-electron chi connectivity index (χ3n) is 2.56. The Labute approximate surface area is 120 Å². The predicted molar refractivity (Wildman–Crippen MR) is 82.5 cm³/mol. The summed E-state index contributed by atoms with van der Waals surface area (Å²) in [6.07, 6.45) is 1.31. The molecule has 3 nitrogen and oxygen atoms in total. The Morgan fingerprint density at radius 3 is 2.25 bits per heavy atom. The molecule has 0 bridgehead atoms. The van der Waals surface area contributed by atoms with E-state index in [9.17, 15) is 9.00 Å². The Kier molecular flexibility index (Phi) is 5.26. The van der Waals surface area contributed by atoms with E-state index >= 15 is 0 Å². The monoisotopic (exact) mass is 285 g/mol. The van der Waals surface area contributed by atoms with E-state index in [4.69, 9.17) is 0 Å². The molecule has 0 saturated carbocycles. The van der Waals surface area contributed by atoms with Gasteiger partial charge in [-0.2, -0.15) is 0 Å². The van der Waals surface area contributed by atoms with E-state index in [1.165, 1.54) is 11.5 Å². The zero-order chi connectivity index (χ0) is 14.2. The second-order valence-electron chi connectivity index (χ2n) is 4.17. The molecule has 20 heavy (non-hydrogen) atoms. The highest BCUT2D eigenvalue weighted by atomic mass is 32.2. The molecule has 0 saturated heterocycles. The van der Waals surface area contributed by atoms with E-state index < -0.39 is 10.8 Å². The van der Waals surface area contributed by atoms with Gasteiger partial charge < -0.3 is 5.32 Å². The maximum atomic E-state index is 11.8. The molecule has 0 spiro atoms. The number of amides is 1. The number of benzene rings is 2. The fourth-order valence-corrected chi connectivity index (χ4v) is 2.52. The van der Waals surface area contributed by atoms with E-state index in [0.717, 1.165) is 11.3 Å². The summed E-state index contributed by atoms with van der Waals surface area (Å²) in [6.45, 7) is 0. The van der Waals surface area contributed by atoms with Crippen LogP contribution in [0.4, 0.5) is 5.69 Å². The number of anilines is 1. The van der Waals surface area contributed by atoms with Crippen molar-refractivity contribution in [2.45, 2.75) is 5.75 Å². The van der Waals surface area contributed by atoms with Gasteiger partial charge in [-0.1, -0.05) is 48.5 Å². The minimum absolute atomic E-state index is 0.280. The van der Waals surface area contributed by atoms with Gasteiger partial charge in [0.15, 0.2) is 0 Å². The number of carbonyl (C=O) groups is 1. The molecule has 1 N–H and O–H groups in total. The Balaban J connectivity index is 1.86. The summed E-state index contributed by atoms with van der Waals surface area (Å²) in [7, 11) is -1.19. The van der Waals surface area contributed by atoms with E-state index in [1.54, 1.807) is 12.1 Å². The minimum Gasteiger partial charge on any atom is -0.322 e. The van der Waals surface area contributed by atoms with E-state index in [1.807, 2.05) is 48.5 Å². The average molecular weight is 285 g/mol. The molecule has 2 aromatic carbocycles. The van der Waals surface area contributed by atoms with Gasteiger partial charge >= 0.3 is 0 Å². The Morgan fingerprint density at radius 1 is 1.00 bits per heavy atom. The van der Waals surface area contributed by atoms with Crippen LogP contribution in [0.5, 0.6) is 0 Å². The molecule has 2 aromatic rings. The van der Waals surface area contributed by atoms with Crippen LogP contribution in [0, 0.1) is 0 Å². The molecule has 102 valence electrons. The van der Waals surface area contributed by atoms with Crippen molar-refractivity contribution in [3.05, 3.63) is 77.7 Å². The molecule has 4 heteroatoms. The number of nitrogens with one attached hydrogen (secondary N) is 1. The number of para-hydroxylation sites is 1. The van der Waals surface area contributed by atoms with Gasteiger partial charge in [-0.25, -0.2) is 0 Å². The first-order valence-corrected chi connectivity index (χ1v) is 7.57. The second-order valence-corrected chi connectivity index (χ2v) is 5.49. The predicted octanol–water partition coefficient (Wildman–Crippen LogP) is 3.09. The summed E-state index contributed by atoms with van der Waals surface area (Å²) in [4.78, 5) is 11.6. The smallest absolute Gasteiger partial charge is 0.248 e. The molecular weight excluding hydrogens is 270 g/mol. The summed E-state index contributed by atoms with van der Waals surface area (Å²) < 4.78 is 11.8. The highest BCUT2D eigenvalue weighted by molar-refractivity contribution is 7.87. The van der Waals surface area contributed by atoms with Gasteiger partial charge in [0.05, 0.1) is 16.6 Å². The highest BCUT2D eigenvalue weighted by Crippen LogP contribution is 2.06. The number of hydrogen-bond donors (Lipinski definition) is 1. The van der Waals surface area contributed by atoms with Gasteiger partial charge in [-0.15, -0.1) is 0 Å². The summed E-state index contributed by atoms with van der Waals surface area (Å²) in [6, 6.07) is 18.7. The van der Waals surface area contributed by atoms with Crippen molar-refractivity contribution in [1.29, 1.82) is 0 Å². The SMILES string of the molecule is O=C(/C=C\S(=O)Cc1ccccc1)Nc1ccccc1. The molecule has 1 unspecified atom stereocenters. The van der Waals surface area contributed by atoms with Crippen molar-refractivity contribution in [3.8, 4) is 0 Å². The van der Waals surface area contributed by atoms with Crippen molar-refractivity contribution < 1.29 is 9.00 Å². The lowest BCUT2D eigenvalue weighted by molar-refractivity contribution is -0.111. The second kappa shape index (κ2) is 7.40. The van der Waals surface area contributed by atoms with Gasteiger partial charge in [-0.3, -0.25) is 9.00 Å². The molecule has 0 aliphatic rings. The zero-order valence-electron chi connectivity index (χ0n) is 10.9. The van der Waals surface area contributed by atoms with E-state index in [0.29, 0.717) is 5.75 Å². The van der Waals surface area contributed by atoms with Crippen molar-refractivity contribution in [2.75, 3.05) is 5.32 Å². The minimum atomic E-state index is -1.19. The summed E-state index contributed by atoms with van der Waals surface area (Å²) in [5.74, 6) is 0.133. The first-order chi connectivity index (χ1) is 9.74. The summed E-state index contributed by atoms with van der Waals surface area (Å²) in [5, 5.41) is 4.12. The third kappa shape index (κ3) is 4.82. The van der Waals surface area contributed by atoms with Gasteiger partial charge in [0.25, 0.3) is 0 Å². The topological polar surface area (TPSA) is 46.2 Å². The summed E-state index contributed by atoms with van der Waals surface area (Å²) in [5.41, 5.74) is 1.70. The Bertz CT molecular complexity index is 553. The molecule has 0 aliphatic heterocycles. The number of hydrogen-bond acceptors (Lipinski definition) is 2. The van der Waals surface area contributed by atoms with Crippen LogP contribution in [0.3, 0.4) is 0 Å². The van der Waals surface area contributed by atoms with Crippen molar-refractivity contribution in [3.63, 3.8) is 0 Å². The van der Waals surface area contributed by atoms with Gasteiger partial charge in [0.2, 0.25) is 5.91 Å². The van der Waals surface area contributed by atoms with Crippen molar-refractivity contribution in [2.24, 2.45) is 0 Å². The molecule has 0 aromatic heterocycles. The Morgan fingerprint density at radius 2 is 1.60 bits per heavy atom. The van der Waals surface area contributed by atoms with Crippen LogP contribution in [-0.4, -0.2) is 10.1 Å². The molecule has 0 heterocycles. The molecule has 0 fully saturated rings. The molecule has 2 rings (SSSR count). The van der Waals surface area contributed by atoms with Crippen molar-refractivity contribution >= 4 is 22.4 Å². The van der Waals surface area contributed by atoms with Gasteiger partial charge in [-0.05, 0) is 17.7 Å². The quantitative estimate of drug-likeness (QED) is 0.858. The standard InChI is InChI=1S/C16H15NO2S/c18-16(17-15-9-5-2-6-10-15)11-12-20(19)13-14-7-3-1-4-8-14/h1-12H,13H2,(H,17,18)/b12-11-. The van der Waals surface area contributed by atoms with Gasteiger partial charge in [0.1, 0.15) is 0 Å². The first kappa shape index (κ1) is 14.2. The molecule has 0 aliphatic carbocycles. The van der Waals surface area contributed by atoms with Crippen LogP contribution in [0.1, 0.15) is 5.56 Å². The normalized spacial score (nSPS) is 12.2. The molecule has 1 amide bonds. The average Bonchev–Trinajstić information content (AvgIpc) is 2.47. The fraction of sp³-hybridized carbons (Fsp3) is 0.0625. The van der Waals surface area contributed by atoms with Crippen LogP contribution in [0.15, 0.2) is 72.1 Å². The lowest BCUT2D eigenvalue weighted by atomic mass is 10.2. The van der Waals surface area contributed by atoms with E-state index in [2.05, 4.69) is 5.32 Å². The first-order valence-electron chi connectivity index (χ1n) is 6.19. The highest BCUT2D eigenvalue weighted by Gasteiger charge is 2.00. The van der Waals surface area contributed by atoms with Crippen LogP contribution >= 0.6 is 0 Å². The fourth-order valence-electron chi connectivity index (χ4n) is 1.63. The third-order valence-corrected chi connectivity index (χ3v) is 3.62. The van der Waals surface area contributed by atoms with Crippen LogP contribution in [0.2, 0.25) is 0 Å². The zero-order valence-corrected chi connectivity index (χ0v) is 11.7. The lowest BCUT2D eigenvalue weighted by Gasteiger charge is -2.00. The largest absolute Gasteiger partial charge is 0.322 e. The maximum Gasteiger partial charge on any atom is 0.248 e. The molecule has 1 atom stereocenters. The van der Waals surface area contributed by atoms with Crippen LogP contribution in [-0.2, 0) is 21.3 Å². The number of carbonyl (C=O) groups excluding carboxylic acids is 1. The van der Waals surface area contributed by atoms with Crippen LogP contribution in [0.25, 0.3) is 0 Å². The van der Waals surface area contributed by atoms with Gasteiger partial charge in [0, 0.05) is 17.2 Å². The molecular formula is C16H15NO2S. The maximum absolute atomic E-state index is 11.8. The van der Waals surface area contributed by atoms with Crippen LogP contribution < -0.4 is 5.32 Å².